The highest BCUT2D eigenvalue weighted by molar-refractivity contribution is 6.35. The van der Waals surface area contributed by atoms with Gasteiger partial charge in [0, 0.05) is 35.8 Å². The molecule has 8 heteroatoms. The van der Waals surface area contributed by atoms with E-state index in [-0.39, 0.29) is 11.7 Å². The van der Waals surface area contributed by atoms with Crippen LogP contribution in [0.2, 0.25) is 5.02 Å². The van der Waals surface area contributed by atoms with Crippen LogP contribution < -0.4 is 5.32 Å². The molecule has 1 fully saturated rings. The zero-order valence-corrected chi connectivity index (χ0v) is 20.3. The van der Waals surface area contributed by atoms with Crippen LogP contribution in [0.4, 0.5) is 11.6 Å². The average molecular weight is 487 g/mol. The van der Waals surface area contributed by atoms with Crippen LogP contribution in [0.3, 0.4) is 0 Å². The van der Waals surface area contributed by atoms with Crippen LogP contribution in [0.5, 0.6) is 0 Å². The van der Waals surface area contributed by atoms with Gasteiger partial charge in [-0.05, 0) is 68.2 Å². The standard InChI is InChI=1S/C27H27ClN6O/c1-16-2-7-22(31-15-16)23-8-9-30-27(34-23)32-20-11-19-12-24(33-26(19)21(28)13-20)25(35)10-17-3-5-18(14-29)6-4-17/h7-9,11-13,15-18,33H,2-6,10H2,1H3,(H,30,32,34). The molecule has 178 valence electrons. The molecular formula is C27H27ClN6O. The minimum absolute atomic E-state index is 0.0823. The summed E-state index contributed by atoms with van der Waals surface area (Å²) < 4.78 is 0. The van der Waals surface area contributed by atoms with Gasteiger partial charge in [-0.25, -0.2) is 9.97 Å². The second-order valence-electron chi connectivity index (χ2n) is 9.55. The summed E-state index contributed by atoms with van der Waals surface area (Å²) in [6, 6.07) is 9.78. The Labute approximate surface area is 209 Å². The number of carbonyl (C=O) groups excluding carboxylic acids is 1. The number of H-pyrrole nitrogens is 1. The van der Waals surface area contributed by atoms with Crippen LogP contribution in [0.15, 0.2) is 41.5 Å². The first-order valence-electron chi connectivity index (χ1n) is 12.1. The van der Waals surface area contributed by atoms with Crippen molar-refractivity contribution in [2.24, 2.45) is 22.7 Å². The Kier molecular flexibility index (Phi) is 6.65. The highest BCUT2D eigenvalue weighted by atomic mass is 35.5. The number of carbonyl (C=O) groups is 1. The smallest absolute Gasteiger partial charge is 0.227 e. The Morgan fingerprint density at radius 2 is 2.09 bits per heavy atom. The molecule has 0 radical (unpaired) electrons. The van der Waals surface area contributed by atoms with Crippen LogP contribution in [-0.2, 0) is 0 Å². The number of ketones is 1. The van der Waals surface area contributed by atoms with E-state index in [1.54, 1.807) is 12.3 Å². The number of nitrogens with zero attached hydrogens (tertiary/aromatic N) is 4. The molecule has 0 amide bonds. The predicted octanol–water partition coefficient (Wildman–Crippen LogP) is 6.71. The second kappa shape index (κ2) is 10.0. The van der Waals surface area contributed by atoms with E-state index < -0.39 is 0 Å². The number of fused-ring (bicyclic) bond motifs is 1. The number of aromatic amines is 1. The number of aromatic nitrogens is 3. The first kappa shape index (κ1) is 23.3. The van der Waals surface area contributed by atoms with Crippen molar-refractivity contribution in [3.05, 3.63) is 52.9 Å². The molecule has 3 aromatic rings. The summed E-state index contributed by atoms with van der Waals surface area (Å²) >= 11 is 6.55. The number of aliphatic imine (C=N–C) groups is 1. The molecule has 1 atom stereocenters. The summed E-state index contributed by atoms with van der Waals surface area (Å²) in [7, 11) is 0. The van der Waals surface area contributed by atoms with E-state index in [9.17, 15) is 4.79 Å². The van der Waals surface area contributed by atoms with Crippen LogP contribution in [-0.4, -0.2) is 26.9 Å². The lowest BCUT2D eigenvalue weighted by Crippen LogP contribution is -2.16. The Morgan fingerprint density at radius 3 is 2.83 bits per heavy atom. The third kappa shape index (κ3) is 5.28. The number of halogens is 1. The summed E-state index contributed by atoms with van der Waals surface area (Å²) in [5.74, 6) is 1.44. The molecule has 1 aliphatic carbocycles. The summed E-state index contributed by atoms with van der Waals surface area (Å²) in [4.78, 5) is 29.6. The summed E-state index contributed by atoms with van der Waals surface area (Å²) in [6.07, 6.45) is 10.8. The first-order chi connectivity index (χ1) is 17.0. The van der Waals surface area contributed by atoms with Crippen LogP contribution in [0.25, 0.3) is 16.6 Å². The summed E-state index contributed by atoms with van der Waals surface area (Å²) in [5.41, 5.74) is 3.64. The Balaban J connectivity index is 1.31. The summed E-state index contributed by atoms with van der Waals surface area (Å²) in [5, 5.41) is 13.7. The lowest BCUT2D eigenvalue weighted by molar-refractivity contribution is 0.0942. The van der Waals surface area contributed by atoms with E-state index in [2.05, 4.69) is 44.3 Å². The van der Waals surface area contributed by atoms with Crippen molar-refractivity contribution in [2.45, 2.75) is 45.4 Å². The molecule has 1 saturated carbocycles. The number of hydrogen-bond acceptors (Lipinski definition) is 6. The number of rotatable bonds is 6. The van der Waals surface area contributed by atoms with Crippen molar-refractivity contribution in [3.63, 3.8) is 0 Å². The number of nitrogens with one attached hydrogen (secondary N) is 2. The lowest BCUT2D eigenvalue weighted by atomic mass is 9.80. The fourth-order valence-corrected chi connectivity index (χ4v) is 5.04. The molecule has 7 nitrogen and oxygen atoms in total. The number of hydrogen-bond donors (Lipinski definition) is 2. The second-order valence-corrected chi connectivity index (χ2v) is 9.96. The van der Waals surface area contributed by atoms with Gasteiger partial charge in [-0.2, -0.15) is 5.26 Å². The molecule has 35 heavy (non-hydrogen) atoms. The molecule has 1 aliphatic heterocycles. The minimum Gasteiger partial charge on any atom is -0.351 e. The molecular weight excluding hydrogens is 460 g/mol. The fourth-order valence-electron chi connectivity index (χ4n) is 4.77. The monoisotopic (exact) mass is 486 g/mol. The van der Waals surface area contributed by atoms with Gasteiger partial charge >= 0.3 is 0 Å². The van der Waals surface area contributed by atoms with Gasteiger partial charge in [0.25, 0.3) is 0 Å². The molecule has 5 rings (SSSR count). The van der Waals surface area contributed by atoms with E-state index in [1.165, 1.54) is 0 Å². The quantitative estimate of drug-likeness (QED) is 0.376. The molecule has 2 N–H and O–H groups in total. The maximum atomic E-state index is 12.9. The van der Waals surface area contributed by atoms with Gasteiger partial charge in [-0.15, -0.1) is 0 Å². The number of Topliss-reactive ketones (excluding diaryl/α,β-unsaturated/α-hetero) is 1. The van der Waals surface area contributed by atoms with Crippen molar-refractivity contribution in [2.75, 3.05) is 5.32 Å². The van der Waals surface area contributed by atoms with Gasteiger partial charge in [0.1, 0.15) is 0 Å². The number of benzene rings is 1. The highest BCUT2D eigenvalue weighted by Gasteiger charge is 2.24. The van der Waals surface area contributed by atoms with Gasteiger partial charge in [0.2, 0.25) is 5.95 Å². The third-order valence-corrected chi connectivity index (χ3v) is 7.11. The third-order valence-electron chi connectivity index (χ3n) is 6.81. The van der Waals surface area contributed by atoms with E-state index in [1.807, 2.05) is 24.4 Å². The van der Waals surface area contributed by atoms with E-state index in [0.29, 0.717) is 34.9 Å². The number of anilines is 2. The van der Waals surface area contributed by atoms with Crippen molar-refractivity contribution >= 4 is 51.8 Å². The van der Waals surface area contributed by atoms with E-state index in [4.69, 9.17) is 16.9 Å². The van der Waals surface area contributed by atoms with Crippen LogP contribution in [0, 0.1) is 29.1 Å². The highest BCUT2D eigenvalue weighted by Crippen LogP contribution is 2.33. The Bertz CT molecular complexity index is 1360. The van der Waals surface area contributed by atoms with Crippen LogP contribution >= 0.6 is 11.6 Å². The first-order valence-corrected chi connectivity index (χ1v) is 12.5. The van der Waals surface area contributed by atoms with Crippen LogP contribution in [0.1, 0.15) is 61.6 Å². The summed E-state index contributed by atoms with van der Waals surface area (Å²) in [6.45, 7) is 2.13. The largest absolute Gasteiger partial charge is 0.351 e. The normalized spacial score (nSPS) is 22.0. The SMILES string of the molecule is CC1C=NC(c2ccnc(Nc3cc(Cl)c4[nH]c(C(=O)CC5CCC(C#N)CC5)cc4c3)n2)=CC1. The number of nitriles is 1. The Hall–Kier alpha value is -3.50. The van der Waals surface area contributed by atoms with Crippen molar-refractivity contribution < 1.29 is 4.79 Å². The maximum Gasteiger partial charge on any atom is 0.227 e. The minimum atomic E-state index is 0.0823. The molecule has 1 unspecified atom stereocenters. The zero-order valence-electron chi connectivity index (χ0n) is 19.6. The molecule has 0 saturated heterocycles. The maximum absolute atomic E-state index is 12.9. The van der Waals surface area contributed by atoms with Crippen molar-refractivity contribution in [1.82, 2.24) is 15.0 Å². The Morgan fingerprint density at radius 1 is 1.26 bits per heavy atom. The lowest BCUT2D eigenvalue weighted by Gasteiger charge is -2.23. The zero-order chi connectivity index (χ0) is 24.4. The molecule has 2 aliphatic rings. The molecule has 0 spiro atoms. The van der Waals surface area contributed by atoms with Gasteiger partial charge in [-0.3, -0.25) is 9.79 Å². The average Bonchev–Trinajstić information content (AvgIpc) is 3.30. The van der Waals surface area contributed by atoms with Crippen molar-refractivity contribution in [3.8, 4) is 6.07 Å². The number of allylic oxidation sites excluding steroid dienone is 1. The molecule has 1 aromatic carbocycles. The van der Waals surface area contributed by atoms with E-state index in [0.717, 1.165) is 60.1 Å². The van der Waals surface area contributed by atoms with Gasteiger partial charge in [0.05, 0.1) is 33.7 Å². The molecule has 3 heterocycles. The molecule has 2 aromatic heterocycles. The predicted molar refractivity (Wildman–Crippen MR) is 139 cm³/mol. The van der Waals surface area contributed by atoms with E-state index >= 15 is 0 Å². The van der Waals surface area contributed by atoms with Crippen molar-refractivity contribution in [1.29, 1.82) is 5.26 Å². The van der Waals surface area contributed by atoms with Gasteiger partial charge in [-0.1, -0.05) is 24.6 Å². The topological polar surface area (TPSA) is 107 Å². The van der Waals surface area contributed by atoms with Gasteiger partial charge < -0.3 is 10.3 Å². The van der Waals surface area contributed by atoms with Gasteiger partial charge in [0.15, 0.2) is 5.78 Å². The molecule has 0 bridgehead atoms. The fraction of sp³-hybridized carbons (Fsp3) is 0.370.